The highest BCUT2D eigenvalue weighted by Gasteiger charge is 2.42. The number of anilines is 1. The predicted molar refractivity (Wildman–Crippen MR) is 114 cm³/mol. The normalized spacial score (nSPS) is 19.1. The second-order valence-corrected chi connectivity index (χ2v) is 8.58. The van der Waals surface area contributed by atoms with Crippen molar-refractivity contribution >= 4 is 11.6 Å². The highest BCUT2D eigenvalue weighted by molar-refractivity contribution is 5.99. The molecular formula is C25H30FNO2. The van der Waals surface area contributed by atoms with E-state index >= 15 is 0 Å². The summed E-state index contributed by atoms with van der Waals surface area (Å²) in [7, 11) is 0. The lowest BCUT2D eigenvalue weighted by molar-refractivity contribution is -0.122. The number of hydrogen-bond donors (Lipinski definition) is 1. The Labute approximate surface area is 172 Å². The van der Waals surface area contributed by atoms with Crippen LogP contribution in [0.25, 0.3) is 0 Å². The van der Waals surface area contributed by atoms with Crippen LogP contribution in [0.5, 0.6) is 5.75 Å². The van der Waals surface area contributed by atoms with Gasteiger partial charge in [-0.2, -0.15) is 0 Å². The first-order valence-electron chi connectivity index (χ1n) is 10.9. The van der Waals surface area contributed by atoms with Gasteiger partial charge in [-0.15, -0.1) is 0 Å². The summed E-state index contributed by atoms with van der Waals surface area (Å²) >= 11 is 0. The van der Waals surface area contributed by atoms with Crippen LogP contribution in [0.4, 0.5) is 10.1 Å². The molecule has 1 amide bonds. The van der Waals surface area contributed by atoms with Crippen LogP contribution < -0.4 is 10.1 Å². The average Bonchev–Trinajstić information content (AvgIpc) is 3.24. The number of aryl methyl sites for hydroxylation is 1. The van der Waals surface area contributed by atoms with Crippen molar-refractivity contribution in [2.75, 3.05) is 5.32 Å². The third-order valence-electron chi connectivity index (χ3n) is 6.56. The Morgan fingerprint density at radius 2 is 1.76 bits per heavy atom. The molecule has 2 aliphatic rings. The Hall–Kier alpha value is -2.36. The van der Waals surface area contributed by atoms with Gasteiger partial charge in [-0.25, -0.2) is 4.39 Å². The minimum Gasteiger partial charge on any atom is -0.490 e. The molecule has 0 atom stereocenters. The highest BCUT2D eigenvalue weighted by atomic mass is 19.1. The van der Waals surface area contributed by atoms with Gasteiger partial charge in [0.1, 0.15) is 11.6 Å². The Morgan fingerprint density at radius 1 is 1.03 bits per heavy atom. The molecule has 0 aliphatic heterocycles. The quantitative estimate of drug-likeness (QED) is 0.645. The van der Waals surface area contributed by atoms with Crippen LogP contribution in [-0.4, -0.2) is 12.0 Å². The number of halogens is 1. The summed E-state index contributed by atoms with van der Waals surface area (Å²) in [6.45, 7) is 2.01. The molecule has 0 heterocycles. The van der Waals surface area contributed by atoms with Crippen molar-refractivity contribution in [3.8, 4) is 5.75 Å². The largest absolute Gasteiger partial charge is 0.490 e. The van der Waals surface area contributed by atoms with Gasteiger partial charge in [0.2, 0.25) is 5.91 Å². The Kier molecular flexibility index (Phi) is 5.89. The van der Waals surface area contributed by atoms with E-state index in [0.29, 0.717) is 24.5 Å². The summed E-state index contributed by atoms with van der Waals surface area (Å²) in [5, 5.41) is 3.08. The van der Waals surface area contributed by atoms with E-state index in [1.165, 1.54) is 18.9 Å². The van der Waals surface area contributed by atoms with Crippen molar-refractivity contribution in [3.05, 3.63) is 59.4 Å². The zero-order valence-corrected chi connectivity index (χ0v) is 17.2. The maximum absolute atomic E-state index is 14.6. The molecule has 2 saturated carbocycles. The van der Waals surface area contributed by atoms with Gasteiger partial charge in [0.15, 0.2) is 0 Å². The summed E-state index contributed by atoms with van der Waals surface area (Å²) < 4.78 is 20.8. The summed E-state index contributed by atoms with van der Waals surface area (Å²) in [5.74, 6) is 0.489. The van der Waals surface area contributed by atoms with Crippen LogP contribution in [0.1, 0.15) is 68.9 Å². The maximum Gasteiger partial charge on any atom is 0.235 e. The summed E-state index contributed by atoms with van der Waals surface area (Å²) in [4.78, 5) is 13.4. The number of benzene rings is 2. The molecule has 0 aromatic heterocycles. The first-order valence-corrected chi connectivity index (χ1v) is 10.9. The minimum absolute atomic E-state index is 0.105. The van der Waals surface area contributed by atoms with Crippen LogP contribution in [0.2, 0.25) is 0 Å². The molecule has 1 N–H and O–H groups in total. The molecule has 29 heavy (non-hydrogen) atoms. The minimum atomic E-state index is -0.795. The standard InChI is InChI=1S/C25H30FNO2/c1-18-17-19(13-14-23(18)29-20-9-3-4-10-20)27-24(28)25(15-7-2-8-16-25)21-11-5-6-12-22(21)26/h5-6,11-14,17,20H,2-4,7-10,15-16H2,1H3,(H,27,28). The molecule has 2 aromatic carbocycles. The molecule has 3 nitrogen and oxygen atoms in total. The lowest BCUT2D eigenvalue weighted by Crippen LogP contribution is -2.42. The number of carbonyl (C=O) groups is 1. The zero-order chi connectivity index (χ0) is 20.3. The van der Waals surface area contributed by atoms with E-state index in [1.54, 1.807) is 12.1 Å². The topological polar surface area (TPSA) is 38.3 Å². The molecular weight excluding hydrogens is 365 g/mol. The first kappa shape index (κ1) is 19.9. The SMILES string of the molecule is Cc1cc(NC(=O)C2(c3ccccc3F)CCCCC2)ccc1OC1CCCC1. The maximum atomic E-state index is 14.6. The predicted octanol–water partition coefficient (Wildman–Crippen LogP) is 6.30. The van der Waals surface area contributed by atoms with E-state index in [-0.39, 0.29) is 11.7 Å². The number of rotatable bonds is 5. The first-order chi connectivity index (χ1) is 14.1. The lowest BCUT2D eigenvalue weighted by Gasteiger charge is -2.36. The third kappa shape index (κ3) is 4.17. The van der Waals surface area contributed by atoms with Crippen LogP contribution in [0.3, 0.4) is 0 Å². The van der Waals surface area contributed by atoms with Gasteiger partial charge in [-0.05, 0) is 75.3 Å². The van der Waals surface area contributed by atoms with E-state index in [4.69, 9.17) is 4.74 Å². The fourth-order valence-electron chi connectivity index (χ4n) is 4.92. The van der Waals surface area contributed by atoms with E-state index in [1.807, 2.05) is 31.2 Å². The van der Waals surface area contributed by atoms with Crippen molar-refractivity contribution < 1.29 is 13.9 Å². The highest BCUT2D eigenvalue weighted by Crippen LogP contribution is 2.41. The smallest absolute Gasteiger partial charge is 0.235 e. The molecule has 4 heteroatoms. The van der Waals surface area contributed by atoms with Gasteiger partial charge in [-0.1, -0.05) is 37.5 Å². The molecule has 0 bridgehead atoms. The average molecular weight is 396 g/mol. The molecule has 2 aromatic rings. The van der Waals surface area contributed by atoms with Gasteiger partial charge < -0.3 is 10.1 Å². The van der Waals surface area contributed by atoms with Crippen molar-refractivity contribution in [3.63, 3.8) is 0 Å². The van der Waals surface area contributed by atoms with Crippen LogP contribution in [0, 0.1) is 12.7 Å². The Morgan fingerprint density at radius 3 is 2.45 bits per heavy atom. The van der Waals surface area contributed by atoms with Gasteiger partial charge >= 0.3 is 0 Å². The monoisotopic (exact) mass is 395 g/mol. The Bertz CT molecular complexity index is 867. The number of hydrogen-bond acceptors (Lipinski definition) is 2. The second kappa shape index (κ2) is 8.56. The molecule has 154 valence electrons. The van der Waals surface area contributed by atoms with Crippen molar-refractivity contribution in [2.45, 2.75) is 76.2 Å². The van der Waals surface area contributed by atoms with E-state index in [2.05, 4.69) is 5.32 Å². The van der Waals surface area contributed by atoms with Gasteiger partial charge in [-0.3, -0.25) is 4.79 Å². The van der Waals surface area contributed by atoms with Gasteiger partial charge in [0.05, 0.1) is 11.5 Å². The fourth-order valence-corrected chi connectivity index (χ4v) is 4.92. The number of amides is 1. The van der Waals surface area contributed by atoms with Crippen LogP contribution in [0.15, 0.2) is 42.5 Å². The molecule has 0 saturated heterocycles. The fraction of sp³-hybridized carbons (Fsp3) is 0.480. The van der Waals surface area contributed by atoms with Crippen LogP contribution >= 0.6 is 0 Å². The van der Waals surface area contributed by atoms with Crippen molar-refractivity contribution in [1.82, 2.24) is 0 Å². The Balaban J connectivity index is 1.55. The number of carbonyl (C=O) groups excluding carboxylic acids is 1. The molecule has 4 rings (SSSR count). The molecule has 2 fully saturated rings. The summed E-state index contributed by atoms with van der Waals surface area (Å²) in [5.41, 5.74) is 1.48. The zero-order valence-electron chi connectivity index (χ0n) is 17.2. The lowest BCUT2D eigenvalue weighted by atomic mass is 9.68. The third-order valence-corrected chi connectivity index (χ3v) is 6.56. The van der Waals surface area contributed by atoms with E-state index < -0.39 is 5.41 Å². The van der Waals surface area contributed by atoms with E-state index in [9.17, 15) is 9.18 Å². The summed E-state index contributed by atoms with van der Waals surface area (Å²) in [6.07, 6.45) is 9.34. The van der Waals surface area contributed by atoms with Crippen LogP contribution in [-0.2, 0) is 10.2 Å². The molecule has 0 unspecified atom stereocenters. The number of ether oxygens (including phenoxy) is 1. The van der Waals surface area contributed by atoms with Gasteiger partial charge in [0, 0.05) is 11.3 Å². The second-order valence-electron chi connectivity index (χ2n) is 8.58. The van der Waals surface area contributed by atoms with Crippen molar-refractivity contribution in [2.24, 2.45) is 0 Å². The molecule has 0 spiro atoms. The van der Waals surface area contributed by atoms with Crippen molar-refractivity contribution in [1.29, 1.82) is 0 Å². The van der Waals surface area contributed by atoms with E-state index in [0.717, 1.165) is 49.1 Å². The van der Waals surface area contributed by atoms with Gasteiger partial charge in [0.25, 0.3) is 0 Å². The molecule has 2 aliphatic carbocycles. The number of nitrogens with one attached hydrogen (secondary N) is 1. The molecule has 0 radical (unpaired) electrons. The summed E-state index contributed by atoms with van der Waals surface area (Å²) in [6, 6.07) is 12.5.